The molecule has 0 heterocycles. The lowest BCUT2D eigenvalue weighted by atomic mass is 9.92. The van der Waals surface area contributed by atoms with Crippen LogP contribution in [-0.4, -0.2) is 0 Å². The molecule has 1 aromatic carbocycles. The average Bonchev–Trinajstić information content (AvgIpc) is 2.19. The fraction of sp³-hybridized carbons (Fsp3) is 0.286. The van der Waals surface area contributed by atoms with Crippen LogP contribution in [0.2, 0.25) is 0 Å². The summed E-state index contributed by atoms with van der Waals surface area (Å²) in [5.41, 5.74) is 6.69. The van der Waals surface area contributed by atoms with E-state index in [1.54, 1.807) is 0 Å². The van der Waals surface area contributed by atoms with E-state index < -0.39 is 0 Å². The number of hydrogen-bond acceptors (Lipinski definition) is 0. The zero-order valence-electron chi connectivity index (χ0n) is 9.35. The Kier molecular flexibility index (Phi) is 3.29. The van der Waals surface area contributed by atoms with E-state index >= 15 is 0 Å². The summed E-state index contributed by atoms with van der Waals surface area (Å²) < 4.78 is 0. The first kappa shape index (κ1) is 10.8. The quantitative estimate of drug-likeness (QED) is 0.626. The smallest absolute Gasteiger partial charge is 0.00972 e. The van der Waals surface area contributed by atoms with Crippen LogP contribution in [0.25, 0.3) is 6.08 Å². The van der Waals surface area contributed by atoms with Gasteiger partial charge in [0.1, 0.15) is 0 Å². The predicted molar refractivity (Wildman–Crippen MR) is 64.6 cm³/mol. The Balaban J connectivity index is 3.39. The molecule has 0 saturated heterocycles. The molecule has 0 aliphatic carbocycles. The van der Waals surface area contributed by atoms with Gasteiger partial charge in [0, 0.05) is 0 Å². The molecule has 1 rings (SSSR count). The molecule has 0 aliphatic rings. The fourth-order valence-corrected chi connectivity index (χ4v) is 1.72. The minimum Gasteiger partial charge on any atom is -0.103 e. The lowest BCUT2D eigenvalue weighted by Gasteiger charge is -2.13. The monoisotopic (exact) mass is 186 g/mol. The maximum absolute atomic E-state index is 3.84. The zero-order chi connectivity index (χ0) is 10.7. The Morgan fingerprint density at radius 1 is 1.07 bits per heavy atom. The lowest BCUT2D eigenvalue weighted by molar-refractivity contribution is 1.15. The van der Waals surface area contributed by atoms with Gasteiger partial charge in [-0.05, 0) is 55.0 Å². The van der Waals surface area contributed by atoms with Crippen molar-refractivity contribution in [2.75, 3.05) is 0 Å². The van der Waals surface area contributed by atoms with E-state index in [1.807, 2.05) is 12.2 Å². The Bertz CT molecular complexity index is 370. The minimum atomic E-state index is 0.938. The predicted octanol–water partition coefficient (Wildman–Crippen LogP) is 3.98. The van der Waals surface area contributed by atoms with Crippen LogP contribution in [0.1, 0.15) is 27.8 Å². The average molecular weight is 186 g/mol. The van der Waals surface area contributed by atoms with E-state index in [9.17, 15) is 0 Å². The van der Waals surface area contributed by atoms with Gasteiger partial charge in [0.05, 0.1) is 0 Å². The summed E-state index contributed by atoms with van der Waals surface area (Å²) in [6, 6.07) is 2.21. The molecular formula is C14H18. The van der Waals surface area contributed by atoms with Gasteiger partial charge in [0.2, 0.25) is 0 Å². The molecule has 0 heteroatoms. The molecule has 74 valence electrons. The van der Waals surface area contributed by atoms with Crippen molar-refractivity contribution in [1.29, 1.82) is 0 Å². The van der Waals surface area contributed by atoms with Crippen LogP contribution in [0.5, 0.6) is 0 Å². The Hall–Kier alpha value is -1.30. The first-order chi connectivity index (χ1) is 6.61. The normalized spacial score (nSPS) is 9.93. The van der Waals surface area contributed by atoms with E-state index in [1.165, 1.54) is 27.8 Å². The van der Waals surface area contributed by atoms with E-state index in [0.717, 1.165) is 6.42 Å². The van der Waals surface area contributed by atoms with E-state index in [2.05, 4.69) is 40.0 Å². The molecule has 0 radical (unpaired) electrons. The van der Waals surface area contributed by atoms with Crippen molar-refractivity contribution in [3.05, 3.63) is 53.1 Å². The van der Waals surface area contributed by atoms with Crippen LogP contribution in [0, 0.1) is 20.8 Å². The van der Waals surface area contributed by atoms with Gasteiger partial charge in [0.15, 0.2) is 0 Å². The zero-order valence-corrected chi connectivity index (χ0v) is 9.35. The molecular weight excluding hydrogens is 168 g/mol. The van der Waals surface area contributed by atoms with E-state index in [4.69, 9.17) is 0 Å². The topological polar surface area (TPSA) is 0 Å². The Morgan fingerprint density at radius 2 is 1.71 bits per heavy atom. The maximum Gasteiger partial charge on any atom is -0.00972 e. The lowest BCUT2D eigenvalue weighted by Crippen LogP contribution is -1.96. The molecule has 0 spiro atoms. The third kappa shape index (κ3) is 1.79. The van der Waals surface area contributed by atoms with Crippen molar-refractivity contribution in [3.8, 4) is 0 Å². The first-order valence-corrected chi connectivity index (χ1v) is 4.94. The van der Waals surface area contributed by atoms with Crippen LogP contribution >= 0.6 is 0 Å². The van der Waals surface area contributed by atoms with Gasteiger partial charge in [-0.15, -0.1) is 6.58 Å². The third-order valence-electron chi connectivity index (χ3n) is 2.95. The van der Waals surface area contributed by atoms with Gasteiger partial charge >= 0.3 is 0 Å². The standard InChI is InChI=1S/C14H18/c1-6-8-14-9-13(7-2)11(4)10(3)12(14)5/h6-7,9H,1-2,8H2,3-5H3. The minimum absolute atomic E-state index is 0.938. The van der Waals surface area contributed by atoms with Crippen molar-refractivity contribution in [2.24, 2.45) is 0 Å². The van der Waals surface area contributed by atoms with Crippen LogP contribution in [0.4, 0.5) is 0 Å². The summed E-state index contributed by atoms with van der Waals surface area (Å²) in [6.07, 6.45) is 4.81. The summed E-state index contributed by atoms with van der Waals surface area (Å²) in [5.74, 6) is 0. The van der Waals surface area contributed by atoms with Crippen molar-refractivity contribution < 1.29 is 0 Å². The highest BCUT2D eigenvalue weighted by molar-refractivity contribution is 5.58. The first-order valence-electron chi connectivity index (χ1n) is 4.94. The summed E-state index contributed by atoms with van der Waals surface area (Å²) in [5, 5.41) is 0. The molecule has 0 atom stereocenters. The van der Waals surface area contributed by atoms with Crippen molar-refractivity contribution in [1.82, 2.24) is 0 Å². The molecule has 0 nitrogen and oxygen atoms in total. The van der Waals surface area contributed by atoms with E-state index in [0.29, 0.717) is 0 Å². The molecule has 1 aromatic rings. The second kappa shape index (κ2) is 4.28. The highest BCUT2D eigenvalue weighted by atomic mass is 14.1. The molecule has 0 N–H and O–H groups in total. The SMILES string of the molecule is C=CCc1cc(C=C)c(C)c(C)c1C. The maximum atomic E-state index is 3.84. The molecule has 0 aliphatic heterocycles. The highest BCUT2D eigenvalue weighted by Gasteiger charge is 2.06. The summed E-state index contributed by atoms with van der Waals surface area (Å²) in [4.78, 5) is 0. The molecule has 14 heavy (non-hydrogen) atoms. The summed E-state index contributed by atoms with van der Waals surface area (Å²) in [7, 11) is 0. The van der Waals surface area contributed by atoms with Crippen molar-refractivity contribution in [2.45, 2.75) is 27.2 Å². The number of benzene rings is 1. The number of hydrogen-bond donors (Lipinski definition) is 0. The van der Waals surface area contributed by atoms with Crippen LogP contribution < -0.4 is 0 Å². The molecule has 0 bridgehead atoms. The number of rotatable bonds is 3. The van der Waals surface area contributed by atoms with Gasteiger partial charge in [-0.1, -0.05) is 24.8 Å². The second-order valence-electron chi connectivity index (χ2n) is 3.70. The Morgan fingerprint density at radius 3 is 2.21 bits per heavy atom. The highest BCUT2D eigenvalue weighted by Crippen LogP contribution is 2.22. The number of allylic oxidation sites excluding steroid dienone is 1. The molecule has 0 aromatic heterocycles. The van der Waals surface area contributed by atoms with Crippen LogP contribution in [-0.2, 0) is 6.42 Å². The fourth-order valence-electron chi connectivity index (χ4n) is 1.72. The van der Waals surface area contributed by atoms with Crippen LogP contribution in [0.15, 0.2) is 25.3 Å². The third-order valence-corrected chi connectivity index (χ3v) is 2.95. The molecule has 0 fully saturated rings. The molecule has 0 unspecified atom stereocenters. The summed E-state index contributed by atoms with van der Waals surface area (Å²) >= 11 is 0. The van der Waals surface area contributed by atoms with Gasteiger partial charge in [-0.3, -0.25) is 0 Å². The summed E-state index contributed by atoms with van der Waals surface area (Å²) in [6.45, 7) is 14.1. The second-order valence-corrected chi connectivity index (χ2v) is 3.70. The Labute approximate surface area is 87.0 Å². The largest absolute Gasteiger partial charge is 0.103 e. The van der Waals surface area contributed by atoms with Crippen molar-refractivity contribution >= 4 is 6.08 Å². The van der Waals surface area contributed by atoms with Crippen molar-refractivity contribution in [3.63, 3.8) is 0 Å². The van der Waals surface area contributed by atoms with Gasteiger partial charge in [-0.2, -0.15) is 0 Å². The molecule has 0 saturated carbocycles. The van der Waals surface area contributed by atoms with E-state index in [-0.39, 0.29) is 0 Å². The van der Waals surface area contributed by atoms with Crippen LogP contribution in [0.3, 0.4) is 0 Å². The van der Waals surface area contributed by atoms with Gasteiger partial charge in [0.25, 0.3) is 0 Å². The van der Waals surface area contributed by atoms with Gasteiger partial charge in [-0.25, -0.2) is 0 Å². The molecule has 0 amide bonds. The van der Waals surface area contributed by atoms with Gasteiger partial charge < -0.3 is 0 Å².